The minimum absolute atomic E-state index is 0.832. The van der Waals surface area contributed by atoms with Gasteiger partial charge in [-0.15, -0.1) is 0 Å². The lowest BCUT2D eigenvalue weighted by molar-refractivity contribution is 0.545. The zero-order chi connectivity index (χ0) is 11.5. The molecule has 88 valence electrons. The summed E-state index contributed by atoms with van der Waals surface area (Å²) < 4.78 is 0. The maximum Gasteiger partial charge on any atom is -0.0325 e. The summed E-state index contributed by atoms with van der Waals surface area (Å²) in [6.07, 6.45) is 14.8. The molecule has 0 nitrogen and oxygen atoms in total. The van der Waals surface area contributed by atoms with Crippen LogP contribution in [0.25, 0.3) is 0 Å². The van der Waals surface area contributed by atoms with Crippen molar-refractivity contribution in [2.45, 2.75) is 66.2 Å². The maximum atomic E-state index is 2.36. The maximum absolute atomic E-state index is 2.36. The first-order valence-electron chi connectivity index (χ1n) is 6.45. The van der Waals surface area contributed by atoms with E-state index in [0.29, 0.717) is 0 Å². The molecule has 0 aromatic carbocycles. The Hall–Kier alpha value is -0.520. The minimum Gasteiger partial charge on any atom is -0.0885 e. The van der Waals surface area contributed by atoms with Crippen molar-refractivity contribution in [3.8, 4) is 0 Å². The smallest absolute Gasteiger partial charge is 0.0325 e. The Bertz CT molecular complexity index is 182. The lowest BCUT2D eigenvalue weighted by Crippen LogP contribution is -1.91. The Morgan fingerprint density at radius 2 is 1.87 bits per heavy atom. The third-order valence-corrected chi connectivity index (χ3v) is 2.64. The zero-order valence-electron chi connectivity index (χ0n) is 11.1. The van der Waals surface area contributed by atoms with Crippen molar-refractivity contribution in [3.05, 3.63) is 23.8 Å². The number of hydrogen-bond donors (Lipinski definition) is 0. The highest BCUT2D eigenvalue weighted by molar-refractivity contribution is 4.93. The second-order valence-corrected chi connectivity index (χ2v) is 4.81. The van der Waals surface area contributed by atoms with Crippen LogP contribution in [0.2, 0.25) is 0 Å². The second kappa shape index (κ2) is 10.0. The van der Waals surface area contributed by atoms with E-state index in [1.54, 1.807) is 0 Å². The van der Waals surface area contributed by atoms with Crippen molar-refractivity contribution in [2.24, 2.45) is 5.92 Å². The summed E-state index contributed by atoms with van der Waals surface area (Å²) in [7, 11) is 0. The molecule has 1 atom stereocenters. The van der Waals surface area contributed by atoms with E-state index in [4.69, 9.17) is 0 Å². The molecule has 0 aliphatic heterocycles. The summed E-state index contributed by atoms with van der Waals surface area (Å²) in [6, 6.07) is 0. The van der Waals surface area contributed by atoms with E-state index in [0.717, 1.165) is 5.92 Å². The Kier molecular flexibility index (Phi) is 9.67. The molecular formula is C15H28. The normalized spacial score (nSPS) is 13.1. The predicted octanol–water partition coefficient (Wildman–Crippen LogP) is 5.51. The van der Waals surface area contributed by atoms with Crippen LogP contribution in [0.3, 0.4) is 0 Å². The quantitative estimate of drug-likeness (QED) is 0.365. The lowest BCUT2D eigenvalue weighted by atomic mass is 10.0. The van der Waals surface area contributed by atoms with Crippen LogP contribution < -0.4 is 0 Å². The van der Waals surface area contributed by atoms with Gasteiger partial charge in [0.05, 0.1) is 0 Å². The van der Waals surface area contributed by atoms with Crippen LogP contribution >= 0.6 is 0 Å². The molecule has 0 saturated carbocycles. The molecule has 0 saturated heterocycles. The molecular weight excluding hydrogens is 180 g/mol. The minimum atomic E-state index is 0.832. The standard InChI is InChI=1S/C15H28/c1-5-6-7-8-9-12-15(4)13-10-11-14(2)3/h8-9,11,15H,5-7,10,12-13H2,1-4H3/b9-8-/t15-/m0/s1. The van der Waals surface area contributed by atoms with E-state index in [-0.39, 0.29) is 0 Å². The fourth-order valence-electron chi connectivity index (χ4n) is 1.54. The SMILES string of the molecule is CCCC/C=C\C[C@H](C)CCC=C(C)C. The van der Waals surface area contributed by atoms with Crippen LogP contribution in [0.4, 0.5) is 0 Å². The first-order valence-corrected chi connectivity index (χ1v) is 6.45. The van der Waals surface area contributed by atoms with E-state index in [2.05, 4.69) is 45.9 Å². The molecule has 0 amide bonds. The summed E-state index contributed by atoms with van der Waals surface area (Å²) in [4.78, 5) is 0. The molecule has 0 unspecified atom stereocenters. The highest BCUT2D eigenvalue weighted by Crippen LogP contribution is 2.12. The highest BCUT2D eigenvalue weighted by atomic mass is 14.0. The van der Waals surface area contributed by atoms with Gasteiger partial charge in [0, 0.05) is 0 Å². The van der Waals surface area contributed by atoms with E-state index in [9.17, 15) is 0 Å². The first-order chi connectivity index (χ1) is 7.16. The molecule has 0 heterocycles. The third-order valence-electron chi connectivity index (χ3n) is 2.64. The van der Waals surface area contributed by atoms with Gasteiger partial charge in [0.15, 0.2) is 0 Å². The van der Waals surface area contributed by atoms with Gasteiger partial charge in [-0.1, -0.05) is 50.5 Å². The van der Waals surface area contributed by atoms with Gasteiger partial charge in [-0.05, 0) is 45.4 Å². The van der Waals surface area contributed by atoms with Gasteiger partial charge in [-0.3, -0.25) is 0 Å². The Morgan fingerprint density at radius 3 is 2.47 bits per heavy atom. The topological polar surface area (TPSA) is 0 Å². The molecule has 0 heteroatoms. The summed E-state index contributed by atoms with van der Waals surface area (Å²) in [5.41, 5.74) is 1.45. The zero-order valence-corrected chi connectivity index (χ0v) is 11.1. The largest absolute Gasteiger partial charge is 0.0885 e. The van der Waals surface area contributed by atoms with Crippen LogP contribution in [0.5, 0.6) is 0 Å². The van der Waals surface area contributed by atoms with E-state index < -0.39 is 0 Å². The van der Waals surface area contributed by atoms with Crippen molar-refractivity contribution < 1.29 is 0 Å². The molecule has 0 aromatic heterocycles. The Morgan fingerprint density at radius 1 is 1.13 bits per heavy atom. The van der Waals surface area contributed by atoms with Gasteiger partial charge in [-0.25, -0.2) is 0 Å². The fourth-order valence-corrected chi connectivity index (χ4v) is 1.54. The summed E-state index contributed by atoms with van der Waals surface area (Å²) in [6.45, 7) is 8.95. The van der Waals surface area contributed by atoms with Gasteiger partial charge in [0.1, 0.15) is 0 Å². The number of unbranched alkanes of at least 4 members (excludes halogenated alkanes) is 2. The van der Waals surface area contributed by atoms with Crippen molar-refractivity contribution in [1.29, 1.82) is 0 Å². The molecule has 0 bridgehead atoms. The monoisotopic (exact) mass is 208 g/mol. The third kappa shape index (κ3) is 11.4. The summed E-state index contributed by atoms with van der Waals surface area (Å²) >= 11 is 0. The first kappa shape index (κ1) is 14.5. The van der Waals surface area contributed by atoms with Crippen LogP contribution in [-0.2, 0) is 0 Å². The van der Waals surface area contributed by atoms with E-state index >= 15 is 0 Å². The van der Waals surface area contributed by atoms with Gasteiger partial charge < -0.3 is 0 Å². The van der Waals surface area contributed by atoms with Gasteiger partial charge in [-0.2, -0.15) is 0 Å². The predicted molar refractivity (Wildman–Crippen MR) is 71.1 cm³/mol. The number of hydrogen-bond acceptors (Lipinski definition) is 0. The Balaban J connectivity index is 3.44. The molecule has 0 radical (unpaired) electrons. The van der Waals surface area contributed by atoms with E-state index in [1.807, 2.05) is 0 Å². The molecule has 0 aliphatic carbocycles. The van der Waals surface area contributed by atoms with Crippen LogP contribution in [-0.4, -0.2) is 0 Å². The lowest BCUT2D eigenvalue weighted by Gasteiger charge is -2.06. The Labute approximate surface area is 96.5 Å². The van der Waals surface area contributed by atoms with Crippen LogP contribution in [0.15, 0.2) is 23.8 Å². The van der Waals surface area contributed by atoms with Crippen LogP contribution in [0, 0.1) is 5.92 Å². The molecule has 0 N–H and O–H groups in total. The molecule has 0 rings (SSSR count). The molecule has 0 aliphatic rings. The number of rotatable bonds is 8. The van der Waals surface area contributed by atoms with Crippen LogP contribution in [0.1, 0.15) is 66.2 Å². The highest BCUT2D eigenvalue weighted by Gasteiger charge is 1.97. The summed E-state index contributed by atoms with van der Waals surface area (Å²) in [5, 5.41) is 0. The molecule has 15 heavy (non-hydrogen) atoms. The average Bonchev–Trinajstić information content (AvgIpc) is 2.17. The molecule has 0 spiro atoms. The second-order valence-electron chi connectivity index (χ2n) is 4.81. The molecule has 0 aromatic rings. The van der Waals surface area contributed by atoms with Gasteiger partial charge >= 0.3 is 0 Å². The van der Waals surface area contributed by atoms with Crippen molar-refractivity contribution in [3.63, 3.8) is 0 Å². The van der Waals surface area contributed by atoms with Crippen molar-refractivity contribution >= 4 is 0 Å². The van der Waals surface area contributed by atoms with Gasteiger partial charge in [0.25, 0.3) is 0 Å². The van der Waals surface area contributed by atoms with Gasteiger partial charge in [0.2, 0.25) is 0 Å². The fraction of sp³-hybridized carbons (Fsp3) is 0.733. The van der Waals surface area contributed by atoms with Crippen molar-refractivity contribution in [1.82, 2.24) is 0 Å². The van der Waals surface area contributed by atoms with Crippen molar-refractivity contribution in [2.75, 3.05) is 0 Å². The average molecular weight is 208 g/mol. The molecule has 0 fully saturated rings. The van der Waals surface area contributed by atoms with E-state index in [1.165, 1.54) is 44.1 Å². The summed E-state index contributed by atoms with van der Waals surface area (Å²) in [5.74, 6) is 0.832. The number of allylic oxidation sites excluding steroid dienone is 4.